The SMILES string of the molecule is O=Cc1cc(Oc2cccc(Cl)c2F)ccc1[N+](=O)[O-]. The maximum atomic E-state index is 13.6. The van der Waals surface area contributed by atoms with Crippen LogP contribution < -0.4 is 4.74 Å². The van der Waals surface area contributed by atoms with Crippen molar-refractivity contribution in [1.29, 1.82) is 0 Å². The van der Waals surface area contributed by atoms with E-state index in [0.29, 0.717) is 6.29 Å². The van der Waals surface area contributed by atoms with E-state index < -0.39 is 10.7 Å². The Kier molecular flexibility index (Phi) is 3.95. The molecule has 0 aliphatic carbocycles. The van der Waals surface area contributed by atoms with Gasteiger partial charge >= 0.3 is 0 Å². The van der Waals surface area contributed by atoms with Crippen LogP contribution in [0.15, 0.2) is 36.4 Å². The first kappa shape index (κ1) is 14.0. The van der Waals surface area contributed by atoms with E-state index in [9.17, 15) is 19.3 Å². The molecule has 0 aromatic heterocycles. The van der Waals surface area contributed by atoms with E-state index in [2.05, 4.69) is 0 Å². The van der Waals surface area contributed by atoms with Gasteiger partial charge in [0.2, 0.25) is 0 Å². The number of hydrogen-bond donors (Lipinski definition) is 0. The number of rotatable bonds is 4. The molecule has 7 heteroatoms. The van der Waals surface area contributed by atoms with Gasteiger partial charge in [-0.1, -0.05) is 17.7 Å². The summed E-state index contributed by atoms with van der Waals surface area (Å²) in [6.07, 6.45) is 0.333. The summed E-state index contributed by atoms with van der Waals surface area (Å²) in [5, 5.41) is 10.6. The van der Waals surface area contributed by atoms with Crippen LogP contribution in [0.2, 0.25) is 5.02 Å². The predicted molar refractivity (Wildman–Crippen MR) is 70.0 cm³/mol. The number of carbonyl (C=O) groups is 1. The van der Waals surface area contributed by atoms with E-state index in [1.54, 1.807) is 0 Å². The summed E-state index contributed by atoms with van der Waals surface area (Å²) in [6, 6.07) is 7.74. The zero-order chi connectivity index (χ0) is 14.7. The number of ether oxygens (including phenoxy) is 1. The Bertz CT molecular complexity index is 690. The third-order valence-electron chi connectivity index (χ3n) is 2.47. The minimum absolute atomic E-state index is 0.0962. The molecule has 0 unspecified atom stereocenters. The van der Waals surface area contributed by atoms with Crippen molar-refractivity contribution in [3.8, 4) is 11.5 Å². The number of nitro benzene ring substituents is 1. The molecule has 0 fully saturated rings. The number of hydrogen-bond acceptors (Lipinski definition) is 4. The normalized spacial score (nSPS) is 10.1. The Morgan fingerprint density at radius 3 is 2.70 bits per heavy atom. The lowest BCUT2D eigenvalue weighted by molar-refractivity contribution is -0.385. The zero-order valence-electron chi connectivity index (χ0n) is 9.88. The molecule has 0 saturated heterocycles. The van der Waals surface area contributed by atoms with Crippen LogP contribution in [0, 0.1) is 15.9 Å². The van der Waals surface area contributed by atoms with Gasteiger partial charge in [0.05, 0.1) is 15.5 Å². The molecular formula is C13H7ClFNO4. The summed E-state index contributed by atoms with van der Waals surface area (Å²) in [5.41, 5.74) is -0.506. The Labute approximate surface area is 117 Å². The van der Waals surface area contributed by atoms with Crippen molar-refractivity contribution in [2.24, 2.45) is 0 Å². The largest absolute Gasteiger partial charge is 0.454 e. The van der Waals surface area contributed by atoms with Crippen LogP contribution in [0.4, 0.5) is 10.1 Å². The fraction of sp³-hybridized carbons (Fsp3) is 0. The molecule has 0 heterocycles. The van der Waals surface area contributed by atoms with Crippen molar-refractivity contribution in [2.75, 3.05) is 0 Å². The first-order chi connectivity index (χ1) is 9.52. The minimum atomic E-state index is -0.750. The van der Waals surface area contributed by atoms with Crippen molar-refractivity contribution in [1.82, 2.24) is 0 Å². The van der Waals surface area contributed by atoms with E-state index in [4.69, 9.17) is 16.3 Å². The highest BCUT2D eigenvalue weighted by Crippen LogP contribution is 2.30. The summed E-state index contributed by atoms with van der Waals surface area (Å²) < 4.78 is 18.9. The molecular weight excluding hydrogens is 289 g/mol. The lowest BCUT2D eigenvalue weighted by Gasteiger charge is -2.08. The number of nitrogens with zero attached hydrogens (tertiary/aromatic N) is 1. The van der Waals surface area contributed by atoms with Crippen LogP contribution in [0.25, 0.3) is 0 Å². The lowest BCUT2D eigenvalue weighted by atomic mass is 10.2. The highest BCUT2D eigenvalue weighted by molar-refractivity contribution is 6.30. The van der Waals surface area contributed by atoms with Gasteiger partial charge in [-0.15, -0.1) is 0 Å². The molecule has 0 aliphatic rings. The maximum Gasteiger partial charge on any atom is 0.280 e. The van der Waals surface area contributed by atoms with Gasteiger partial charge < -0.3 is 4.74 Å². The lowest BCUT2D eigenvalue weighted by Crippen LogP contribution is -1.96. The van der Waals surface area contributed by atoms with Crippen LogP contribution in [0.1, 0.15) is 10.4 Å². The first-order valence-electron chi connectivity index (χ1n) is 5.38. The molecule has 2 rings (SSSR count). The van der Waals surface area contributed by atoms with Crippen molar-refractivity contribution < 1.29 is 18.8 Å². The molecule has 0 spiro atoms. The molecule has 2 aromatic carbocycles. The van der Waals surface area contributed by atoms with Crippen LogP contribution in [0.3, 0.4) is 0 Å². The van der Waals surface area contributed by atoms with Crippen LogP contribution >= 0.6 is 11.6 Å². The summed E-state index contributed by atoms with van der Waals surface area (Å²) in [7, 11) is 0. The Morgan fingerprint density at radius 1 is 1.30 bits per heavy atom. The highest BCUT2D eigenvalue weighted by atomic mass is 35.5. The number of nitro groups is 1. The molecule has 0 bridgehead atoms. The Hall–Kier alpha value is -2.47. The Balaban J connectivity index is 2.37. The number of benzene rings is 2. The summed E-state index contributed by atoms with van der Waals surface area (Å²) in [4.78, 5) is 20.8. The van der Waals surface area contributed by atoms with E-state index in [1.807, 2.05) is 0 Å². The summed E-state index contributed by atoms with van der Waals surface area (Å²) in [6.45, 7) is 0. The average molecular weight is 296 g/mol. The van der Waals surface area contributed by atoms with Crippen molar-refractivity contribution >= 4 is 23.6 Å². The summed E-state index contributed by atoms with van der Waals surface area (Å²) >= 11 is 5.60. The standard InChI is InChI=1S/C13H7ClFNO4/c14-10-2-1-3-12(13(10)15)20-9-4-5-11(16(18)19)8(6-9)7-17/h1-7H. The smallest absolute Gasteiger partial charge is 0.280 e. The van der Waals surface area contributed by atoms with Crippen LogP contribution in [-0.2, 0) is 0 Å². The van der Waals surface area contributed by atoms with Gasteiger partial charge in [-0.2, -0.15) is 0 Å². The van der Waals surface area contributed by atoms with Crippen molar-refractivity contribution in [3.63, 3.8) is 0 Å². The van der Waals surface area contributed by atoms with E-state index in [-0.39, 0.29) is 27.8 Å². The molecule has 0 amide bonds. The molecule has 102 valence electrons. The first-order valence-corrected chi connectivity index (χ1v) is 5.76. The fourth-order valence-electron chi connectivity index (χ4n) is 1.55. The van der Waals surface area contributed by atoms with Crippen LogP contribution in [-0.4, -0.2) is 11.2 Å². The predicted octanol–water partition coefficient (Wildman–Crippen LogP) is 3.99. The third-order valence-corrected chi connectivity index (χ3v) is 2.76. The third kappa shape index (κ3) is 2.75. The molecule has 0 saturated carbocycles. The average Bonchev–Trinajstić information content (AvgIpc) is 2.43. The van der Waals surface area contributed by atoms with Crippen LogP contribution in [0.5, 0.6) is 11.5 Å². The quantitative estimate of drug-likeness (QED) is 0.486. The van der Waals surface area contributed by atoms with Gasteiger partial charge in [-0.3, -0.25) is 14.9 Å². The molecule has 0 atom stereocenters. The summed E-state index contributed by atoms with van der Waals surface area (Å²) in [5.74, 6) is -0.790. The molecule has 20 heavy (non-hydrogen) atoms. The number of aldehydes is 1. The second-order valence-corrected chi connectivity index (χ2v) is 4.16. The van der Waals surface area contributed by atoms with E-state index in [0.717, 1.165) is 12.1 Å². The minimum Gasteiger partial charge on any atom is -0.454 e. The molecule has 5 nitrogen and oxygen atoms in total. The van der Waals surface area contributed by atoms with Gasteiger partial charge in [-0.25, -0.2) is 4.39 Å². The molecule has 0 N–H and O–H groups in total. The van der Waals surface area contributed by atoms with E-state index in [1.165, 1.54) is 24.3 Å². The fourth-order valence-corrected chi connectivity index (χ4v) is 1.71. The van der Waals surface area contributed by atoms with Gasteiger partial charge in [0, 0.05) is 6.07 Å². The Morgan fingerprint density at radius 2 is 2.05 bits per heavy atom. The monoisotopic (exact) mass is 295 g/mol. The number of halogens is 2. The topological polar surface area (TPSA) is 69.4 Å². The van der Waals surface area contributed by atoms with Crippen molar-refractivity contribution in [3.05, 3.63) is 62.9 Å². The molecule has 2 aromatic rings. The highest BCUT2D eigenvalue weighted by Gasteiger charge is 2.15. The maximum absolute atomic E-state index is 13.6. The van der Waals surface area contributed by atoms with Gasteiger partial charge in [0.15, 0.2) is 17.9 Å². The van der Waals surface area contributed by atoms with Gasteiger partial charge in [-0.05, 0) is 24.3 Å². The van der Waals surface area contributed by atoms with Crippen molar-refractivity contribution in [2.45, 2.75) is 0 Å². The molecule has 0 radical (unpaired) electrons. The molecule has 0 aliphatic heterocycles. The number of carbonyl (C=O) groups excluding carboxylic acids is 1. The van der Waals surface area contributed by atoms with E-state index >= 15 is 0 Å². The zero-order valence-corrected chi connectivity index (χ0v) is 10.6. The van der Waals surface area contributed by atoms with Gasteiger partial charge in [0.25, 0.3) is 5.69 Å². The van der Waals surface area contributed by atoms with Gasteiger partial charge in [0.1, 0.15) is 5.75 Å². The second-order valence-electron chi connectivity index (χ2n) is 3.75. The second kappa shape index (κ2) is 5.66.